The Labute approximate surface area is 87.3 Å². The molecule has 1 aromatic heterocycles. The second-order valence-corrected chi connectivity index (χ2v) is 5.51. The van der Waals surface area contributed by atoms with Gasteiger partial charge in [-0.05, 0) is 22.0 Å². The Morgan fingerprint density at radius 3 is 2.42 bits per heavy atom. The minimum absolute atomic E-state index is 0.0480. The van der Waals surface area contributed by atoms with Gasteiger partial charge in [-0.2, -0.15) is 0 Å². The van der Waals surface area contributed by atoms with Gasteiger partial charge in [-0.3, -0.25) is 0 Å². The molecule has 0 saturated carbocycles. The van der Waals surface area contributed by atoms with E-state index in [2.05, 4.69) is 20.9 Å². The Morgan fingerprint density at radius 1 is 1.50 bits per heavy atom. The van der Waals surface area contributed by atoms with E-state index in [9.17, 15) is 8.42 Å². The maximum atomic E-state index is 10.9. The first-order valence-corrected chi connectivity index (χ1v) is 6.15. The zero-order valence-corrected chi connectivity index (χ0v) is 9.37. The van der Waals surface area contributed by atoms with Crippen molar-refractivity contribution in [2.75, 3.05) is 0 Å². The minimum atomic E-state index is -3.83. The van der Waals surface area contributed by atoms with Crippen molar-refractivity contribution < 1.29 is 8.42 Å². The second-order valence-electron chi connectivity index (χ2n) is 1.85. The predicted octanol–water partition coefficient (Wildman–Crippen LogP) is 2.42. The number of hydrogen-bond acceptors (Lipinski definition) is 3. The van der Waals surface area contributed by atoms with E-state index in [1.54, 1.807) is 0 Å². The van der Waals surface area contributed by atoms with E-state index in [-0.39, 0.29) is 14.5 Å². The van der Waals surface area contributed by atoms with Crippen molar-refractivity contribution in [1.82, 2.24) is 4.98 Å². The van der Waals surface area contributed by atoms with Crippen molar-refractivity contribution in [1.29, 1.82) is 0 Å². The van der Waals surface area contributed by atoms with Crippen LogP contribution in [0.2, 0.25) is 5.02 Å². The third kappa shape index (κ3) is 2.10. The maximum Gasteiger partial charge on any atom is 0.265 e. The van der Waals surface area contributed by atoms with Crippen molar-refractivity contribution >= 4 is 47.3 Å². The monoisotopic (exact) mass is 289 g/mol. The first kappa shape index (κ1) is 10.2. The van der Waals surface area contributed by atoms with Crippen LogP contribution in [0.15, 0.2) is 21.8 Å². The SMILES string of the molecule is O=S(=O)(Cl)c1c(Cl)ccnc1Br. The number of rotatable bonds is 1. The standard InChI is InChI=1S/C5H2BrCl2NO2S/c6-5-4(12(8,10)11)3(7)1-2-9-5/h1-2H. The van der Waals surface area contributed by atoms with Gasteiger partial charge in [0.25, 0.3) is 9.05 Å². The summed E-state index contributed by atoms with van der Waals surface area (Å²) in [5.41, 5.74) is 0. The van der Waals surface area contributed by atoms with Crippen LogP contribution in [-0.4, -0.2) is 13.4 Å². The Balaban J connectivity index is 3.53. The van der Waals surface area contributed by atoms with Crippen LogP contribution in [0.3, 0.4) is 0 Å². The summed E-state index contributed by atoms with van der Waals surface area (Å²) in [6.07, 6.45) is 1.37. The molecular formula is C5H2BrCl2NO2S. The van der Waals surface area contributed by atoms with Gasteiger partial charge in [-0.15, -0.1) is 0 Å². The third-order valence-electron chi connectivity index (χ3n) is 1.06. The molecule has 1 aromatic rings. The molecule has 0 unspecified atom stereocenters. The molecule has 0 aliphatic heterocycles. The fourth-order valence-corrected chi connectivity index (χ4v) is 3.58. The van der Waals surface area contributed by atoms with Gasteiger partial charge in [-0.1, -0.05) is 11.6 Å². The summed E-state index contributed by atoms with van der Waals surface area (Å²) in [5, 5.41) is 0.0480. The number of nitrogens with zero attached hydrogens (tertiary/aromatic N) is 1. The van der Waals surface area contributed by atoms with Crippen LogP contribution >= 0.6 is 38.2 Å². The summed E-state index contributed by atoms with van der Waals surface area (Å²) in [4.78, 5) is 3.47. The van der Waals surface area contributed by atoms with Gasteiger partial charge in [0.1, 0.15) is 9.50 Å². The van der Waals surface area contributed by atoms with Crippen LogP contribution in [0, 0.1) is 0 Å². The minimum Gasteiger partial charge on any atom is -0.248 e. The van der Waals surface area contributed by atoms with Gasteiger partial charge >= 0.3 is 0 Å². The van der Waals surface area contributed by atoms with E-state index in [4.69, 9.17) is 22.3 Å². The topological polar surface area (TPSA) is 47.0 Å². The smallest absolute Gasteiger partial charge is 0.248 e. The van der Waals surface area contributed by atoms with Crippen molar-refractivity contribution in [3.05, 3.63) is 21.9 Å². The van der Waals surface area contributed by atoms with Crippen molar-refractivity contribution in [2.24, 2.45) is 0 Å². The van der Waals surface area contributed by atoms with E-state index in [1.807, 2.05) is 0 Å². The largest absolute Gasteiger partial charge is 0.265 e. The van der Waals surface area contributed by atoms with Gasteiger partial charge in [0, 0.05) is 16.9 Å². The predicted molar refractivity (Wildman–Crippen MR) is 50.0 cm³/mol. The molecule has 3 nitrogen and oxygen atoms in total. The number of halogens is 3. The molecule has 1 heterocycles. The van der Waals surface area contributed by atoms with Crippen LogP contribution in [-0.2, 0) is 9.05 Å². The second kappa shape index (κ2) is 3.49. The lowest BCUT2D eigenvalue weighted by Crippen LogP contribution is -1.94. The van der Waals surface area contributed by atoms with Gasteiger partial charge in [0.15, 0.2) is 0 Å². The Morgan fingerprint density at radius 2 is 2.08 bits per heavy atom. The molecule has 0 aliphatic rings. The molecule has 0 radical (unpaired) electrons. The van der Waals surface area contributed by atoms with Crippen molar-refractivity contribution in [3.8, 4) is 0 Å². The molecule has 1 rings (SSSR count). The first-order chi connectivity index (χ1) is 5.43. The molecule has 7 heteroatoms. The van der Waals surface area contributed by atoms with Crippen LogP contribution in [0.5, 0.6) is 0 Å². The quantitative estimate of drug-likeness (QED) is 0.589. The van der Waals surface area contributed by atoms with Crippen molar-refractivity contribution in [3.63, 3.8) is 0 Å². The van der Waals surface area contributed by atoms with E-state index in [1.165, 1.54) is 12.3 Å². The molecule has 0 saturated heterocycles. The summed E-state index contributed by atoms with van der Waals surface area (Å²) < 4.78 is 21.9. The molecule has 0 aromatic carbocycles. The lowest BCUT2D eigenvalue weighted by Gasteiger charge is -2.00. The van der Waals surface area contributed by atoms with E-state index >= 15 is 0 Å². The number of aromatic nitrogens is 1. The fourth-order valence-electron chi connectivity index (χ4n) is 0.618. The highest BCUT2D eigenvalue weighted by Crippen LogP contribution is 2.29. The van der Waals surface area contributed by atoms with Gasteiger partial charge in [0.2, 0.25) is 0 Å². The number of pyridine rings is 1. The summed E-state index contributed by atoms with van der Waals surface area (Å²) in [7, 11) is 1.25. The van der Waals surface area contributed by atoms with Crippen molar-refractivity contribution in [2.45, 2.75) is 4.90 Å². The van der Waals surface area contributed by atoms with Crippen LogP contribution in [0.1, 0.15) is 0 Å². The summed E-state index contributed by atoms with van der Waals surface area (Å²) in [6.45, 7) is 0. The molecule has 12 heavy (non-hydrogen) atoms. The van der Waals surface area contributed by atoms with E-state index in [0.29, 0.717) is 0 Å². The maximum absolute atomic E-state index is 10.9. The zero-order valence-electron chi connectivity index (χ0n) is 5.46. The van der Waals surface area contributed by atoms with Gasteiger partial charge in [0.05, 0.1) is 5.02 Å². The normalized spacial score (nSPS) is 11.6. The molecule has 66 valence electrons. The zero-order chi connectivity index (χ0) is 9.35. The fraction of sp³-hybridized carbons (Fsp3) is 0. The van der Waals surface area contributed by atoms with E-state index < -0.39 is 9.05 Å². The molecule has 0 bridgehead atoms. The molecule has 0 aliphatic carbocycles. The van der Waals surface area contributed by atoms with Gasteiger partial charge < -0.3 is 0 Å². The summed E-state index contributed by atoms with van der Waals surface area (Å²) in [5.74, 6) is 0. The highest BCUT2D eigenvalue weighted by molar-refractivity contribution is 9.10. The Kier molecular flexibility index (Phi) is 2.98. The average Bonchev–Trinajstić information content (AvgIpc) is 1.82. The van der Waals surface area contributed by atoms with Gasteiger partial charge in [-0.25, -0.2) is 13.4 Å². The number of hydrogen-bond donors (Lipinski definition) is 0. The Hall–Kier alpha value is 0.160. The Bertz CT molecular complexity index is 386. The molecule has 0 N–H and O–H groups in total. The molecular weight excluding hydrogens is 289 g/mol. The lowest BCUT2D eigenvalue weighted by molar-refractivity contribution is 0.608. The highest BCUT2D eigenvalue weighted by Gasteiger charge is 2.18. The van der Waals surface area contributed by atoms with Crippen LogP contribution in [0.4, 0.5) is 0 Å². The molecule has 0 amide bonds. The highest BCUT2D eigenvalue weighted by atomic mass is 79.9. The molecule has 0 atom stereocenters. The first-order valence-electron chi connectivity index (χ1n) is 2.67. The average molecular weight is 291 g/mol. The summed E-state index contributed by atoms with van der Waals surface area (Å²) in [6, 6.07) is 1.35. The molecule has 0 spiro atoms. The summed E-state index contributed by atoms with van der Waals surface area (Å²) >= 11 is 8.50. The van der Waals surface area contributed by atoms with Crippen LogP contribution in [0.25, 0.3) is 0 Å². The molecule has 0 fully saturated rings. The lowest BCUT2D eigenvalue weighted by atomic mass is 10.5. The third-order valence-corrected chi connectivity index (χ3v) is 3.71. The van der Waals surface area contributed by atoms with Crippen LogP contribution < -0.4 is 0 Å². The van der Waals surface area contributed by atoms with E-state index in [0.717, 1.165) is 0 Å².